The Bertz CT molecular complexity index is 190. The van der Waals surface area contributed by atoms with E-state index >= 15 is 0 Å². The summed E-state index contributed by atoms with van der Waals surface area (Å²) in [4.78, 5) is 22.4. The lowest BCUT2D eigenvalue weighted by molar-refractivity contribution is -0.139. The molecule has 3 nitrogen and oxygen atoms in total. The molecule has 74 valence electrons. The number of carbonyl (C=O) groups excluding carboxylic acids is 2. The Morgan fingerprint density at radius 3 is 2.23 bits per heavy atom. The van der Waals surface area contributed by atoms with Gasteiger partial charge in [0.2, 0.25) is 0 Å². The van der Waals surface area contributed by atoms with E-state index in [-0.39, 0.29) is 17.7 Å². The fraction of sp³-hybridized carbons (Fsp3) is 0.800. The Morgan fingerprint density at radius 1 is 1.23 bits per heavy atom. The second-order valence-electron chi connectivity index (χ2n) is 3.60. The predicted octanol–water partition coefficient (Wildman–Crippen LogP) is 1.35. The molecule has 3 heteroatoms. The lowest BCUT2D eigenvalue weighted by Crippen LogP contribution is -2.36. The first kappa shape index (κ1) is 10.4. The fourth-order valence-corrected chi connectivity index (χ4v) is 1.84. The zero-order valence-electron chi connectivity index (χ0n) is 8.21. The van der Waals surface area contributed by atoms with Gasteiger partial charge in [-0.1, -0.05) is 0 Å². The van der Waals surface area contributed by atoms with Gasteiger partial charge in [-0.2, -0.15) is 0 Å². The molecule has 0 amide bonds. The smallest absolute Gasteiger partial charge is 0.142 e. The monoisotopic (exact) mass is 184 g/mol. The third-order valence-corrected chi connectivity index (χ3v) is 2.46. The van der Waals surface area contributed by atoms with Gasteiger partial charge in [0.1, 0.15) is 17.5 Å². The first-order valence-corrected chi connectivity index (χ1v) is 4.75. The van der Waals surface area contributed by atoms with Crippen LogP contribution in [0.3, 0.4) is 0 Å². The van der Waals surface area contributed by atoms with E-state index in [4.69, 9.17) is 4.74 Å². The van der Waals surface area contributed by atoms with Crippen LogP contribution in [0, 0.1) is 5.92 Å². The number of ketones is 2. The highest BCUT2D eigenvalue weighted by Gasteiger charge is 2.31. The summed E-state index contributed by atoms with van der Waals surface area (Å²) in [5.74, 6) is -0.667. The van der Waals surface area contributed by atoms with Crippen molar-refractivity contribution in [2.75, 3.05) is 6.61 Å². The second kappa shape index (κ2) is 4.51. The van der Waals surface area contributed by atoms with Gasteiger partial charge in [0.25, 0.3) is 0 Å². The van der Waals surface area contributed by atoms with Crippen LogP contribution < -0.4 is 0 Å². The lowest BCUT2D eigenvalue weighted by atomic mass is 9.89. The number of Topliss-reactive ketones (excluding diaryl/α,β-unsaturated/α-hetero) is 2. The minimum Gasteiger partial charge on any atom is -0.377 e. The molecule has 1 fully saturated rings. The van der Waals surface area contributed by atoms with Crippen molar-refractivity contribution in [3.05, 3.63) is 0 Å². The molecular weight excluding hydrogens is 168 g/mol. The van der Waals surface area contributed by atoms with Crippen molar-refractivity contribution in [3.63, 3.8) is 0 Å². The predicted molar refractivity (Wildman–Crippen MR) is 48.4 cm³/mol. The van der Waals surface area contributed by atoms with Gasteiger partial charge in [0.15, 0.2) is 0 Å². The van der Waals surface area contributed by atoms with Crippen LogP contribution in [-0.2, 0) is 14.3 Å². The van der Waals surface area contributed by atoms with Crippen molar-refractivity contribution >= 4 is 11.6 Å². The molecule has 0 aromatic rings. The number of ether oxygens (including phenoxy) is 1. The summed E-state index contributed by atoms with van der Waals surface area (Å²) in [5.41, 5.74) is 0. The normalized spacial score (nSPS) is 23.2. The maximum absolute atomic E-state index is 11.2. The highest BCUT2D eigenvalue weighted by atomic mass is 16.5. The van der Waals surface area contributed by atoms with Gasteiger partial charge in [-0.25, -0.2) is 0 Å². The highest BCUT2D eigenvalue weighted by Crippen LogP contribution is 2.21. The van der Waals surface area contributed by atoms with Crippen molar-refractivity contribution in [3.8, 4) is 0 Å². The van der Waals surface area contributed by atoms with Crippen molar-refractivity contribution < 1.29 is 14.3 Å². The molecule has 0 aliphatic carbocycles. The summed E-state index contributed by atoms with van der Waals surface area (Å²) in [6.07, 6.45) is 2.77. The second-order valence-corrected chi connectivity index (χ2v) is 3.60. The maximum atomic E-state index is 11.2. The van der Waals surface area contributed by atoms with Crippen molar-refractivity contribution in [1.29, 1.82) is 0 Å². The molecule has 1 unspecified atom stereocenters. The quantitative estimate of drug-likeness (QED) is 0.622. The number of hydrogen-bond donors (Lipinski definition) is 0. The van der Waals surface area contributed by atoms with Gasteiger partial charge in [0, 0.05) is 6.61 Å². The third-order valence-electron chi connectivity index (χ3n) is 2.46. The van der Waals surface area contributed by atoms with Crippen LogP contribution in [0.4, 0.5) is 0 Å². The van der Waals surface area contributed by atoms with E-state index in [1.54, 1.807) is 0 Å². The maximum Gasteiger partial charge on any atom is 0.142 e. The Labute approximate surface area is 78.5 Å². The number of carbonyl (C=O) groups is 2. The van der Waals surface area contributed by atoms with Gasteiger partial charge in [0.05, 0.1) is 6.10 Å². The Hall–Kier alpha value is -0.700. The van der Waals surface area contributed by atoms with E-state index in [1.807, 2.05) is 0 Å². The topological polar surface area (TPSA) is 43.4 Å². The van der Waals surface area contributed by atoms with Gasteiger partial charge >= 0.3 is 0 Å². The summed E-state index contributed by atoms with van der Waals surface area (Å²) >= 11 is 0. The summed E-state index contributed by atoms with van der Waals surface area (Å²) < 4.78 is 5.42. The van der Waals surface area contributed by atoms with Gasteiger partial charge in [-0.3, -0.25) is 9.59 Å². The SMILES string of the molecule is CC(=O)C(C(C)=O)C1CCCCO1. The summed E-state index contributed by atoms with van der Waals surface area (Å²) in [6.45, 7) is 3.61. The molecule has 13 heavy (non-hydrogen) atoms. The van der Waals surface area contributed by atoms with E-state index in [0.717, 1.165) is 19.3 Å². The molecule has 0 saturated carbocycles. The van der Waals surface area contributed by atoms with Crippen molar-refractivity contribution in [2.24, 2.45) is 5.92 Å². The molecule has 1 aliphatic heterocycles. The summed E-state index contributed by atoms with van der Waals surface area (Å²) in [6, 6.07) is 0. The van der Waals surface area contributed by atoms with E-state index < -0.39 is 5.92 Å². The molecule has 1 heterocycles. The average molecular weight is 184 g/mol. The standard InChI is InChI=1S/C10H16O3/c1-7(11)10(8(2)12)9-5-3-4-6-13-9/h9-10H,3-6H2,1-2H3. The van der Waals surface area contributed by atoms with Crippen LogP contribution in [0.15, 0.2) is 0 Å². The van der Waals surface area contributed by atoms with Gasteiger partial charge in [-0.05, 0) is 33.1 Å². The molecule has 1 rings (SSSR count). The van der Waals surface area contributed by atoms with E-state index in [9.17, 15) is 9.59 Å². The highest BCUT2D eigenvalue weighted by molar-refractivity contribution is 6.00. The van der Waals surface area contributed by atoms with Crippen LogP contribution in [0.2, 0.25) is 0 Å². The van der Waals surface area contributed by atoms with Crippen LogP contribution in [0.25, 0.3) is 0 Å². The lowest BCUT2D eigenvalue weighted by Gasteiger charge is -2.27. The number of hydrogen-bond acceptors (Lipinski definition) is 3. The first-order chi connectivity index (χ1) is 6.13. The van der Waals surface area contributed by atoms with Crippen LogP contribution >= 0.6 is 0 Å². The molecule has 0 radical (unpaired) electrons. The minimum atomic E-state index is -0.528. The zero-order chi connectivity index (χ0) is 9.84. The van der Waals surface area contributed by atoms with Gasteiger partial charge in [-0.15, -0.1) is 0 Å². The van der Waals surface area contributed by atoms with Crippen LogP contribution in [-0.4, -0.2) is 24.3 Å². The minimum absolute atomic E-state index is 0.0700. The molecule has 1 saturated heterocycles. The summed E-state index contributed by atoms with van der Waals surface area (Å²) in [7, 11) is 0. The van der Waals surface area contributed by atoms with Gasteiger partial charge < -0.3 is 4.74 Å². The zero-order valence-corrected chi connectivity index (χ0v) is 8.21. The average Bonchev–Trinajstić information content (AvgIpc) is 2.04. The van der Waals surface area contributed by atoms with E-state index in [0.29, 0.717) is 6.61 Å². The molecule has 0 aromatic carbocycles. The first-order valence-electron chi connectivity index (χ1n) is 4.75. The van der Waals surface area contributed by atoms with Crippen LogP contribution in [0.5, 0.6) is 0 Å². The Kier molecular flexibility index (Phi) is 3.60. The van der Waals surface area contributed by atoms with Crippen molar-refractivity contribution in [1.82, 2.24) is 0 Å². The largest absolute Gasteiger partial charge is 0.377 e. The fourth-order valence-electron chi connectivity index (χ4n) is 1.84. The molecule has 0 bridgehead atoms. The number of rotatable bonds is 3. The Morgan fingerprint density at radius 2 is 1.85 bits per heavy atom. The molecule has 0 spiro atoms. The molecule has 0 N–H and O–H groups in total. The van der Waals surface area contributed by atoms with E-state index in [1.165, 1.54) is 13.8 Å². The van der Waals surface area contributed by atoms with Crippen molar-refractivity contribution in [2.45, 2.75) is 39.2 Å². The summed E-state index contributed by atoms with van der Waals surface area (Å²) in [5, 5.41) is 0. The van der Waals surface area contributed by atoms with E-state index in [2.05, 4.69) is 0 Å². The molecule has 1 aliphatic rings. The third kappa shape index (κ3) is 2.62. The molecule has 1 atom stereocenters. The molecular formula is C10H16O3. The Balaban J connectivity index is 2.62. The molecule has 0 aromatic heterocycles. The van der Waals surface area contributed by atoms with Crippen LogP contribution in [0.1, 0.15) is 33.1 Å².